The molecule has 1 aliphatic carbocycles. The van der Waals surface area contributed by atoms with E-state index in [4.69, 9.17) is 4.52 Å². The first kappa shape index (κ1) is 14.9. The molecule has 3 heterocycles. The highest BCUT2D eigenvalue weighted by Gasteiger charge is 2.29. The molecule has 1 fully saturated rings. The fraction of sp³-hybridized carbons (Fsp3) is 0.588. The zero-order valence-electron chi connectivity index (χ0n) is 13.4. The minimum atomic E-state index is 0.175. The molecule has 1 saturated heterocycles. The van der Waals surface area contributed by atoms with Crippen LogP contribution in [0.3, 0.4) is 0 Å². The second-order valence-electron chi connectivity index (χ2n) is 6.53. The Morgan fingerprint density at radius 3 is 3.00 bits per heavy atom. The average Bonchev–Trinajstić information content (AvgIpc) is 3.20. The van der Waals surface area contributed by atoms with Gasteiger partial charge >= 0.3 is 0 Å². The zero-order chi connectivity index (χ0) is 15.8. The van der Waals surface area contributed by atoms with Gasteiger partial charge in [-0.25, -0.2) is 0 Å². The monoisotopic (exact) mass is 331 g/mol. The zero-order valence-corrected chi connectivity index (χ0v) is 14.2. The molecule has 0 radical (unpaired) electrons. The average molecular weight is 331 g/mol. The molecule has 122 valence electrons. The van der Waals surface area contributed by atoms with Crippen LogP contribution in [0.5, 0.6) is 0 Å². The summed E-state index contributed by atoms with van der Waals surface area (Å²) in [4.78, 5) is 21.5. The fourth-order valence-corrected chi connectivity index (χ4v) is 4.83. The Hall–Kier alpha value is -1.69. The number of aryl methyl sites for hydroxylation is 3. The maximum Gasteiger partial charge on any atom is 0.263 e. The highest BCUT2D eigenvalue weighted by molar-refractivity contribution is 7.14. The molecule has 6 heteroatoms. The molecule has 1 aliphatic heterocycles. The van der Waals surface area contributed by atoms with Gasteiger partial charge in [0.1, 0.15) is 0 Å². The highest BCUT2D eigenvalue weighted by atomic mass is 32.1. The third-order valence-corrected chi connectivity index (χ3v) is 6.05. The van der Waals surface area contributed by atoms with Crippen LogP contribution in [0.4, 0.5) is 0 Å². The number of amides is 1. The van der Waals surface area contributed by atoms with Crippen molar-refractivity contribution in [3.63, 3.8) is 0 Å². The second kappa shape index (κ2) is 6.07. The Labute approximate surface area is 139 Å². The first-order valence-electron chi connectivity index (χ1n) is 8.42. The first-order valence-corrected chi connectivity index (χ1v) is 9.23. The lowest BCUT2D eigenvalue weighted by Crippen LogP contribution is -2.39. The summed E-state index contributed by atoms with van der Waals surface area (Å²) in [5.74, 6) is 1.70. The topological polar surface area (TPSA) is 59.2 Å². The standard InChI is InChI=1S/C17H21N3O2S/c1-11-18-16(19-22-11)13-6-4-8-20(10-13)17(21)15-9-12-5-2-3-7-14(12)23-15/h9,13H,2-8,10H2,1H3/t13-/m1/s1. The summed E-state index contributed by atoms with van der Waals surface area (Å²) in [6.07, 6.45) is 6.78. The van der Waals surface area contributed by atoms with Crippen LogP contribution in [0, 0.1) is 6.92 Å². The van der Waals surface area contributed by atoms with E-state index in [1.54, 1.807) is 18.3 Å². The van der Waals surface area contributed by atoms with E-state index in [1.165, 1.54) is 23.3 Å². The van der Waals surface area contributed by atoms with Crippen molar-refractivity contribution < 1.29 is 9.32 Å². The van der Waals surface area contributed by atoms with Crippen molar-refractivity contribution in [1.29, 1.82) is 0 Å². The van der Waals surface area contributed by atoms with Crippen LogP contribution in [0.2, 0.25) is 0 Å². The van der Waals surface area contributed by atoms with E-state index in [1.807, 2.05) is 4.90 Å². The number of fused-ring (bicyclic) bond motifs is 1. The van der Waals surface area contributed by atoms with E-state index in [2.05, 4.69) is 16.2 Å². The van der Waals surface area contributed by atoms with Crippen molar-refractivity contribution in [2.75, 3.05) is 13.1 Å². The van der Waals surface area contributed by atoms with Crippen molar-refractivity contribution >= 4 is 17.2 Å². The van der Waals surface area contributed by atoms with Gasteiger partial charge in [0.25, 0.3) is 5.91 Å². The molecule has 1 amide bonds. The predicted molar refractivity (Wildman–Crippen MR) is 87.9 cm³/mol. The Morgan fingerprint density at radius 2 is 2.22 bits per heavy atom. The third kappa shape index (κ3) is 2.92. The number of rotatable bonds is 2. The van der Waals surface area contributed by atoms with Crippen LogP contribution in [0.25, 0.3) is 0 Å². The predicted octanol–water partition coefficient (Wildman–Crippen LogP) is 3.34. The molecule has 2 aromatic rings. The van der Waals surface area contributed by atoms with Crippen molar-refractivity contribution in [2.24, 2.45) is 0 Å². The van der Waals surface area contributed by atoms with Crippen molar-refractivity contribution in [1.82, 2.24) is 15.0 Å². The van der Waals surface area contributed by atoms with Gasteiger partial charge in [0.2, 0.25) is 5.89 Å². The van der Waals surface area contributed by atoms with Crippen molar-refractivity contribution in [3.05, 3.63) is 33.1 Å². The smallest absolute Gasteiger partial charge is 0.263 e. The Morgan fingerprint density at radius 1 is 1.35 bits per heavy atom. The van der Waals surface area contributed by atoms with Gasteiger partial charge in [-0.15, -0.1) is 11.3 Å². The number of carbonyl (C=O) groups excluding carboxylic acids is 1. The van der Waals surface area contributed by atoms with E-state index in [-0.39, 0.29) is 11.8 Å². The molecule has 0 saturated carbocycles. The first-order chi connectivity index (χ1) is 11.2. The summed E-state index contributed by atoms with van der Waals surface area (Å²) in [5, 5.41) is 4.04. The normalized spacial score (nSPS) is 21.3. The van der Waals surface area contributed by atoms with Crippen LogP contribution in [0.1, 0.15) is 63.4 Å². The van der Waals surface area contributed by atoms with Gasteiger partial charge in [-0.05, 0) is 50.2 Å². The maximum atomic E-state index is 12.9. The quantitative estimate of drug-likeness (QED) is 0.847. The molecule has 0 spiro atoms. The second-order valence-corrected chi connectivity index (χ2v) is 7.66. The summed E-state index contributed by atoms with van der Waals surface area (Å²) in [5.41, 5.74) is 1.40. The van der Waals surface area contributed by atoms with Gasteiger partial charge in [-0.1, -0.05) is 5.16 Å². The van der Waals surface area contributed by atoms with Gasteiger partial charge in [0, 0.05) is 30.8 Å². The van der Waals surface area contributed by atoms with E-state index in [0.717, 1.165) is 42.9 Å². The van der Waals surface area contributed by atoms with E-state index in [9.17, 15) is 4.79 Å². The minimum absolute atomic E-state index is 0.175. The molecule has 4 rings (SSSR count). The molecule has 0 aromatic carbocycles. The highest BCUT2D eigenvalue weighted by Crippen LogP contribution is 2.32. The molecule has 1 atom stereocenters. The molecule has 2 aromatic heterocycles. The summed E-state index contributed by atoms with van der Waals surface area (Å²) < 4.78 is 5.09. The van der Waals surface area contributed by atoms with Gasteiger partial charge in [0.05, 0.1) is 4.88 Å². The van der Waals surface area contributed by atoms with Crippen LogP contribution in [0.15, 0.2) is 10.6 Å². The molecule has 5 nitrogen and oxygen atoms in total. The number of carbonyl (C=O) groups is 1. The molecular formula is C17H21N3O2S. The van der Waals surface area contributed by atoms with Crippen molar-refractivity contribution in [3.8, 4) is 0 Å². The largest absolute Gasteiger partial charge is 0.340 e. The lowest BCUT2D eigenvalue weighted by atomic mass is 9.97. The molecule has 2 aliphatic rings. The van der Waals surface area contributed by atoms with Gasteiger partial charge in [-0.3, -0.25) is 4.79 Å². The lowest BCUT2D eigenvalue weighted by Gasteiger charge is -2.30. The van der Waals surface area contributed by atoms with Crippen LogP contribution < -0.4 is 0 Å². The van der Waals surface area contributed by atoms with E-state index in [0.29, 0.717) is 12.4 Å². The fourth-order valence-electron chi connectivity index (χ4n) is 3.61. The molecule has 0 N–H and O–H groups in total. The van der Waals surface area contributed by atoms with Gasteiger partial charge < -0.3 is 9.42 Å². The number of thiophene rings is 1. The van der Waals surface area contributed by atoms with Crippen LogP contribution >= 0.6 is 11.3 Å². The van der Waals surface area contributed by atoms with Gasteiger partial charge in [-0.2, -0.15) is 4.98 Å². The van der Waals surface area contributed by atoms with E-state index >= 15 is 0 Å². The Kier molecular flexibility index (Phi) is 3.93. The number of hydrogen-bond acceptors (Lipinski definition) is 5. The maximum absolute atomic E-state index is 12.9. The number of likely N-dealkylation sites (tertiary alicyclic amines) is 1. The number of piperidine rings is 1. The molecular weight excluding hydrogens is 310 g/mol. The summed E-state index contributed by atoms with van der Waals surface area (Å²) >= 11 is 1.70. The summed E-state index contributed by atoms with van der Waals surface area (Å²) in [6.45, 7) is 3.33. The molecule has 0 bridgehead atoms. The summed E-state index contributed by atoms with van der Waals surface area (Å²) in [7, 11) is 0. The van der Waals surface area contributed by atoms with Gasteiger partial charge in [0.15, 0.2) is 5.82 Å². The van der Waals surface area contributed by atoms with Crippen LogP contribution in [-0.2, 0) is 12.8 Å². The van der Waals surface area contributed by atoms with E-state index < -0.39 is 0 Å². The lowest BCUT2D eigenvalue weighted by molar-refractivity contribution is 0.0708. The molecule has 0 unspecified atom stereocenters. The third-order valence-electron chi connectivity index (χ3n) is 4.82. The number of aromatic nitrogens is 2. The van der Waals surface area contributed by atoms with Crippen molar-refractivity contribution in [2.45, 2.75) is 51.4 Å². The molecule has 23 heavy (non-hydrogen) atoms. The summed E-state index contributed by atoms with van der Waals surface area (Å²) in [6, 6.07) is 2.13. The Balaban J connectivity index is 1.50. The Bertz CT molecular complexity index is 698. The minimum Gasteiger partial charge on any atom is -0.340 e. The number of hydrogen-bond donors (Lipinski definition) is 0. The SMILES string of the molecule is Cc1nc([C@@H]2CCCN(C(=O)c3cc4c(s3)CCCC4)C2)no1. The van der Waals surface area contributed by atoms with Crippen LogP contribution in [-0.4, -0.2) is 34.0 Å². The number of nitrogens with zero attached hydrogens (tertiary/aromatic N) is 3.